The second kappa shape index (κ2) is 11.8. The van der Waals surface area contributed by atoms with Crippen LogP contribution in [-0.4, -0.2) is 50.8 Å². The fraction of sp³-hybridized carbons (Fsp3) is 0.276. The molecular formula is C29H26ClN5O6. The van der Waals surface area contributed by atoms with Crippen LogP contribution in [0.2, 0.25) is 5.02 Å². The lowest BCUT2D eigenvalue weighted by Gasteiger charge is -2.28. The summed E-state index contributed by atoms with van der Waals surface area (Å²) in [5.41, 5.74) is 1.32. The molecule has 1 saturated heterocycles. The lowest BCUT2D eigenvalue weighted by Crippen LogP contribution is -2.36. The lowest BCUT2D eigenvalue weighted by molar-refractivity contribution is -0.121. The monoisotopic (exact) mass is 575 g/mol. The van der Waals surface area contributed by atoms with Gasteiger partial charge in [-0.3, -0.25) is 14.2 Å². The molecule has 0 spiro atoms. The zero-order chi connectivity index (χ0) is 29.1. The fourth-order valence-electron chi connectivity index (χ4n) is 4.97. The molecule has 3 aromatic heterocycles. The highest BCUT2D eigenvalue weighted by molar-refractivity contribution is 6.31. The average molecular weight is 576 g/mol. The molecule has 2 atom stereocenters. The van der Waals surface area contributed by atoms with Crippen LogP contribution in [0.3, 0.4) is 0 Å². The molecule has 1 fully saturated rings. The number of carbonyl (C=O) groups excluding carboxylic acids is 1. The largest absolute Gasteiger partial charge is 0.495 e. The quantitative estimate of drug-likeness (QED) is 0.311. The number of ether oxygens (including phenoxy) is 2. The van der Waals surface area contributed by atoms with E-state index in [1.807, 2.05) is 0 Å². The first-order chi connectivity index (χ1) is 19.8. The summed E-state index contributed by atoms with van der Waals surface area (Å²) in [5, 5.41) is 22.1. The van der Waals surface area contributed by atoms with Gasteiger partial charge in [-0.1, -0.05) is 11.6 Å². The Kier molecular flexibility index (Phi) is 8.05. The Balaban J connectivity index is 1.53. The third-order valence-electron chi connectivity index (χ3n) is 6.99. The van der Waals surface area contributed by atoms with E-state index in [9.17, 15) is 24.8 Å². The standard InChI is InChI=1S/C29H26ClN5O6/c1-40-25-16-35(27(36)12-22(25)21-10-18(30)6-5-17(21)13-31)24(11-20-4-2-3-9-41-20)28(37)32-19-7-8-26-33-23(29(38)39)15-34(26)14-19/h5-8,10,12,14-16,20,24H,2-4,9,11H2,1H3,(H,32,37)(H,38,39). The number of amides is 1. The minimum absolute atomic E-state index is 0.126. The number of halogens is 1. The van der Waals surface area contributed by atoms with E-state index in [1.165, 1.54) is 34.5 Å². The van der Waals surface area contributed by atoms with E-state index in [0.29, 0.717) is 39.7 Å². The van der Waals surface area contributed by atoms with Gasteiger partial charge < -0.3 is 24.3 Å². The van der Waals surface area contributed by atoms with Gasteiger partial charge in [-0.05, 0) is 49.6 Å². The van der Waals surface area contributed by atoms with Gasteiger partial charge in [-0.25, -0.2) is 9.78 Å². The first kappa shape index (κ1) is 27.9. The number of nitriles is 1. The summed E-state index contributed by atoms with van der Waals surface area (Å²) in [6.45, 7) is 0.574. The van der Waals surface area contributed by atoms with Crippen molar-refractivity contribution in [2.75, 3.05) is 19.0 Å². The maximum absolute atomic E-state index is 13.7. The van der Waals surface area contributed by atoms with Gasteiger partial charge in [0, 0.05) is 47.6 Å². The third-order valence-corrected chi connectivity index (χ3v) is 7.23. The number of carboxylic acid groups (broad SMARTS) is 1. The summed E-state index contributed by atoms with van der Waals surface area (Å²) in [6.07, 6.45) is 7.00. The van der Waals surface area contributed by atoms with Gasteiger partial charge in [-0.2, -0.15) is 5.26 Å². The van der Waals surface area contributed by atoms with E-state index in [-0.39, 0.29) is 24.0 Å². The average Bonchev–Trinajstić information content (AvgIpc) is 3.40. The number of nitrogens with zero attached hydrogens (tertiary/aromatic N) is 4. The van der Waals surface area contributed by atoms with Gasteiger partial charge in [0.15, 0.2) is 5.69 Å². The summed E-state index contributed by atoms with van der Waals surface area (Å²) in [4.78, 5) is 42.6. The third kappa shape index (κ3) is 5.94. The number of carbonyl (C=O) groups is 2. The number of hydrogen-bond donors (Lipinski definition) is 2. The number of rotatable bonds is 8. The number of fused-ring (bicyclic) bond motifs is 1. The number of pyridine rings is 2. The molecule has 2 N–H and O–H groups in total. The number of aromatic carboxylic acids is 1. The second-order valence-corrected chi connectivity index (χ2v) is 10.1. The zero-order valence-electron chi connectivity index (χ0n) is 22.0. The molecule has 0 bridgehead atoms. The number of hydrogen-bond acceptors (Lipinski definition) is 7. The molecular weight excluding hydrogens is 550 g/mol. The number of anilines is 1. The molecule has 41 heavy (non-hydrogen) atoms. The van der Waals surface area contributed by atoms with E-state index in [2.05, 4.69) is 16.4 Å². The van der Waals surface area contributed by atoms with Crippen LogP contribution in [0.1, 0.15) is 47.8 Å². The number of aromatic nitrogens is 3. The predicted octanol–water partition coefficient (Wildman–Crippen LogP) is 4.53. The second-order valence-electron chi connectivity index (χ2n) is 9.65. The minimum Gasteiger partial charge on any atom is -0.495 e. The van der Waals surface area contributed by atoms with Crippen molar-refractivity contribution in [3.8, 4) is 22.9 Å². The summed E-state index contributed by atoms with van der Waals surface area (Å²) < 4.78 is 14.3. The molecule has 4 heterocycles. The first-order valence-corrected chi connectivity index (χ1v) is 13.3. The lowest BCUT2D eigenvalue weighted by atomic mass is 9.99. The Morgan fingerprint density at radius 2 is 2.05 bits per heavy atom. The SMILES string of the molecule is COc1cn(C(CC2CCCCO2)C(=O)Nc2ccc3nc(C(=O)O)cn3c2)c(=O)cc1-c1cc(Cl)ccc1C#N. The van der Waals surface area contributed by atoms with Crippen LogP contribution in [0.5, 0.6) is 5.75 Å². The van der Waals surface area contributed by atoms with Crippen molar-refractivity contribution in [3.63, 3.8) is 0 Å². The summed E-state index contributed by atoms with van der Waals surface area (Å²) in [7, 11) is 1.44. The molecule has 1 aromatic carbocycles. The summed E-state index contributed by atoms with van der Waals surface area (Å²) >= 11 is 6.19. The molecule has 4 aromatic rings. The van der Waals surface area contributed by atoms with E-state index in [0.717, 1.165) is 19.3 Å². The molecule has 5 rings (SSSR count). The maximum atomic E-state index is 13.7. The molecule has 0 aliphatic carbocycles. The van der Waals surface area contributed by atoms with Crippen LogP contribution in [0, 0.1) is 11.3 Å². The van der Waals surface area contributed by atoms with Crippen LogP contribution < -0.4 is 15.6 Å². The Labute approximate surface area is 239 Å². The van der Waals surface area contributed by atoms with E-state index >= 15 is 0 Å². The number of imidazole rings is 1. The maximum Gasteiger partial charge on any atom is 0.356 e. The normalized spacial score (nSPS) is 15.7. The highest BCUT2D eigenvalue weighted by Crippen LogP contribution is 2.34. The summed E-state index contributed by atoms with van der Waals surface area (Å²) in [6, 6.07) is 10.4. The number of nitrogens with one attached hydrogen (secondary N) is 1. The fourth-order valence-corrected chi connectivity index (χ4v) is 5.14. The van der Waals surface area contributed by atoms with Gasteiger partial charge in [-0.15, -0.1) is 0 Å². The topological polar surface area (TPSA) is 148 Å². The van der Waals surface area contributed by atoms with Crippen LogP contribution in [0.25, 0.3) is 16.8 Å². The molecule has 210 valence electrons. The molecule has 1 aliphatic rings. The van der Waals surface area contributed by atoms with Gasteiger partial charge in [0.1, 0.15) is 17.4 Å². The van der Waals surface area contributed by atoms with Crippen LogP contribution in [0.4, 0.5) is 5.69 Å². The van der Waals surface area contributed by atoms with E-state index in [4.69, 9.17) is 21.1 Å². The highest BCUT2D eigenvalue weighted by Gasteiger charge is 2.29. The number of methoxy groups -OCH3 is 1. The number of carboxylic acids is 1. The van der Waals surface area contributed by atoms with Crippen molar-refractivity contribution in [1.82, 2.24) is 14.0 Å². The van der Waals surface area contributed by atoms with Crippen molar-refractivity contribution in [3.05, 3.63) is 81.6 Å². The Hall–Kier alpha value is -4.66. The minimum atomic E-state index is -1.16. The van der Waals surface area contributed by atoms with Crippen molar-refractivity contribution < 1.29 is 24.2 Å². The molecule has 11 nitrogen and oxygen atoms in total. The highest BCUT2D eigenvalue weighted by atomic mass is 35.5. The Morgan fingerprint density at radius 1 is 1.22 bits per heavy atom. The smallest absolute Gasteiger partial charge is 0.356 e. The molecule has 2 unspecified atom stereocenters. The Morgan fingerprint density at radius 3 is 2.76 bits per heavy atom. The van der Waals surface area contributed by atoms with Gasteiger partial charge in [0.25, 0.3) is 5.56 Å². The van der Waals surface area contributed by atoms with Crippen molar-refractivity contribution in [1.29, 1.82) is 5.26 Å². The van der Waals surface area contributed by atoms with Gasteiger partial charge in [0.05, 0.1) is 36.7 Å². The van der Waals surface area contributed by atoms with Crippen molar-refractivity contribution >= 4 is 34.8 Å². The molecule has 0 radical (unpaired) electrons. The summed E-state index contributed by atoms with van der Waals surface area (Å²) in [5.74, 6) is -1.34. The zero-order valence-corrected chi connectivity index (χ0v) is 22.8. The van der Waals surface area contributed by atoms with Gasteiger partial charge >= 0.3 is 5.97 Å². The van der Waals surface area contributed by atoms with Crippen LogP contribution in [0.15, 0.2) is 59.8 Å². The Bertz CT molecular complexity index is 1730. The van der Waals surface area contributed by atoms with Crippen molar-refractivity contribution in [2.24, 2.45) is 0 Å². The van der Waals surface area contributed by atoms with Crippen LogP contribution >= 0.6 is 11.6 Å². The predicted molar refractivity (Wildman–Crippen MR) is 150 cm³/mol. The molecule has 0 saturated carbocycles. The van der Waals surface area contributed by atoms with Crippen LogP contribution in [-0.2, 0) is 9.53 Å². The van der Waals surface area contributed by atoms with E-state index < -0.39 is 23.5 Å². The van der Waals surface area contributed by atoms with Gasteiger partial charge in [0.2, 0.25) is 5.91 Å². The molecule has 1 amide bonds. The van der Waals surface area contributed by atoms with Crippen molar-refractivity contribution in [2.45, 2.75) is 37.8 Å². The molecule has 1 aliphatic heterocycles. The number of benzene rings is 1. The first-order valence-electron chi connectivity index (χ1n) is 12.9. The van der Waals surface area contributed by atoms with E-state index in [1.54, 1.807) is 36.5 Å². The molecule has 12 heteroatoms.